The van der Waals surface area contributed by atoms with E-state index in [0.29, 0.717) is 33.6 Å². The number of nitriles is 1. The third-order valence-corrected chi connectivity index (χ3v) is 6.12. The third-order valence-electron chi connectivity index (χ3n) is 5.47. The predicted molar refractivity (Wildman–Crippen MR) is 140 cm³/mol. The van der Waals surface area contributed by atoms with Gasteiger partial charge in [0.05, 0.1) is 16.9 Å². The number of nitro groups is 1. The maximum absolute atomic E-state index is 12.8. The van der Waals surface area contributed by atoms with Gasteiger partial charge in [-0.15, -0.1) is 0 Å². The average Bonchev–Trinajstić information content (AvgIpc) is 2.83. The summed E-state index contributed by atoms with van der Waals surface area (Å²) in [5.41, 5.74) is 2.56. The van der Waals surface area contributed by atoms with Crippen molar-refractivity contribution in [2.75, 3.05) is 10.6 Å². The number of amides is 2. The van der Waals surface area contributed by atoms with Crippen LogP contribution in [0.3, 0.4) is 0 Å². The number of hydrogen-bond acceptors (Lipinski definition) is 5. The largest absolute Gasteiger partial charge is 0.326 e. The second-order valence-corrected chi connectivity index (χ2v) is 9.21. The van der Waals surface area contributed by atoms with Crippen LogP contribution in [0.2, 0.25) is 10.0 Å². The first kappa shape index (κ1) is 26.7. The van der Waals surface area contributed by atoms with Gasteiger partial charge >= 0.3 is 0 Å². The van der Waals surface area contributed by atoms with E-state index in [4.69, 9.17) is 23.2 Å². The maximum Gasteiger partial charge on any atom is 0.288 e. The highest BCUT2D eigenvalue weighted by Crippen LogP contribution is 2.36. The monoisotopic (exact) mass is 524 g/mol. The Bertz CT molecular complexity index is 1380. The second kappa shape index (κ2) is 11.2. The third kappa shape index (κ3) is 6.00. The molecule has 0 heterocycles. The standard InChI is InChI=1S/C26H22Cl2N4O4/c1-14(2)25(33)30-18-7-4-16(5-8-18)26(34)31-23-12-22(28)19(10-15(23)3)20(13-29)17-6-9-21(27)24(11-17)32(35)36/h4-12,14,20H,1-3H3,(H,30,33)(H,31,34)/t20-/m1/s1. The van der Waals surface area contributed by atoms with Gasteiger partial charge in [-0.3, -0.25) is 19.7 Å². The lowest BCUT2D eigenvalue weighted by atomic mass is 9.91. The van der Waals surface area contributed by atoms with E-state index in [1.165, 1.54) is 24.3 Å². The van der Waals surface area contributed by atoms with Gasteiger partial charge in [0.2, 0.25) is 5.91 Å². The van der Waals surface area contributed by atoms with Crippen molar-refractivity contribution in [3.05, 3.63) is 97.0 Å². The summed E-state index contributed by atoms with van der Waals surface area (Å²) >= 11 is 12.4. The quantitative estimate of drug-likeness (QED) is 0.262. The highest BCUT2D eigenvalue weighted by molar-refractivity contribution is 6.33. The van der Waals surface area contributed by atoms with Crippen LogP contribution >= 0.6 is 23.2 Å². The van der Waals surface area contributed by atoms with Gasteiger partial charge < -0.3 is 10.6 Å². The number of anilines is 2. The SMILES string of the molecule is Cc1cc([C@H](C#N)c2ccc(Cl)c([N+](=O)[O-])c2)c(Cl)cc1NC(=O)c1ccc(NC(=O)C(C)C)cc1. The fourth-order valence-electron chi connectivity index (χ4n) is 3.42. The van der Waals surface area contributed by atoms with E-state index in [1.54, 1.807) is 51.1 Å². The minimum absolute atomic E-state index is 0.0314. The molecule has 0 radical (unpaired) electrons. The molecule has 10 heteroatoms. The molecule has 0 unspecified atom stereocenters. The van der Waals surface area contributed by atoms with Gasteiger partial charge in [-0.25, -0.2) is 0 Å². The fourth-order valence-corrected chi connectivity index (χ4v) is 3.88. The van der Waals surface area contributed by atoms with E-state index in [0.717, 1.165) is 0 Å². The van der Waals surface area contributed by atoms with Gasteiger partial charge in [0.1, 0.15) is 5.02 Å². The summed E-state index contributed by atoms with van der Waals surface area (Å²) in [6.45, 7) is 5.32. The minimum atomic E-state index is -0.884. The molecular formula is C26H22Cl2N4O4. The lowest BCUT2D eigenvalue weighted by Crippen LogP contribution is -2.18. The van der Waals surface area contributed by atoms with Crippen molar-refractivity contribution in [3.8, 4) is 6.07 Å². The van der Waals surface area contributed by atoms with Gasteiger partial charge in [0.15, 0.2) is 0 Å². The first-order valence-electron chi connectivity index (χ1n) is 10.9. The Morgan fingerprint density at radius 1 is 1.00 bits per heavy atom. The highest BCUT2D eigenvalue weighted by Gasteiger charge is 2.23. The zero-order chi connectivity index (χ0) is 26.6. The van der Waals surface area contributed by atoms with Crippen molar-refractivity contribution >= 4 is 52.1 Å². The first-order chi connectivity index (χ1) is 17.0. The molecule has 0 fully saturated rings. The van der Waals surface area contributed by atoms with Crippen molar-refractivity contribution in [2.45, 2.75) is 26.7 Å². The molecule has 0 aliphatic carbocycles. The van der Waals surface area contributed by atoms with Gasteiger partial charge in [-0.05, 0) is 60.0 Å². The van der Waals surface area contributed by atoms with Crippen LogP contribution in [0.15, 0.2) is 54.6 Å². The molecule has 8 nitrogen and oxygen atoms in total. The molecule has 0 spiro atoms. The van der Waals surface area contributed by atoms with Gasteiger partial charge in [0, 0.05) is 33.9 Å². The van der Waals surface area contributed by atoms with Crippen LogP contribution < -0.4 is 10.6 Å². The van der Waals surface area contributed by atoms with E-state index in [1.807, 2.05) is 0 Å². The van der Waals surface area contributed by atoms with E-state index in [-0.39, 0.29) is 33.5 Å². The van der Waals surface area contributed by atoms with Gasteiger partial charge in [-0.1, -0.05) is 49.2 Å². The Kier molecular flexibility index (Phi) is 8.30. The number of nitrogens with one attached hydrogen (secondary N) is 2. The van der Waals surface area contributed by atoms with Crippen LogP contribution in [-0.2, 0) is 4.79 Å². The summed E-state index contributed by atoms with van der Waals surface area (Å²) in [7, 11) is 0. The molecule has 3 aromatic rings. The number of nitrogens with zero attached hydrogens (tertiary/aromatic N) is 2. The number of rotatable bonds is 7. The molecule has 0 bridgehead atoms. The van der Waals surface area contributed by atoms with Crippen LogP contribution in [-0.4, -0.2) is 16.7 Å². The summed E-state index contributed by atoms with van der Waals surface area (Å²) < 4.78 is 0. The van der Waals surface area contributed by atoms with Crippen LogP contribution in [0.25, 0.3) is 0 Å². The van der Waals surface area contributed by atoms with E-state index < -0.39 is 10.8 Å². The number of halogens is 2. The molecule has 2 N–H and O–H groups in total. The second-order valence-electron chi connectivity index (χ2n) is 8.39. The zero-order valence-electron chi connectivity index (χ0n) is 19.6. The van der Waals surface area contributed by atoms with Crippen molar-refractivity contribution in [3.63, 3.8) is 0 Å². The topological polar surface area (TPSA) is 125 Å². The van der Waals surface area contributed by atoms with E-state index in [9.17, 15) is 25.0 Å². The predicted octanol–water partition coefficient (Wildman–Crippen LogP) is 6.71. The number of hydrogen-bond donors (Lipinski definition) is 2. The number of benzene rings is 3. The number of aryl methyl sites for hydroxylation is 1. The maximum atomic E-state index is 12.8. The molecule has 0 aliphatic heterocycles. The first-order valence-corrected chi connectivity index (χ1v) is 11.6. The molecule has 0 saturated heterocycles. The van der Waals surface area contributed by atoms with Crippen molar-refractivity contribution in [2.24, 2.45) is 5.92 Å². The summed E-state index contributed by atoms with van der Waals surface area (Å²) in [5.74, 6) is -1.56. The van der Waals surface area contributed by atoms with Crippen LogP contribution in [0.4, 0.5) is 17.1 Å². The Morgan fingerprint density at radius 3 is 2.25 bits per heavy atom. The lowest BCUT2D eigenvalue weighted by Gasteiger charge is -2.16. The number of nitro benzene ring substituents is 1. The molecule has 1 atom stereocenters. The molecule has 2 amide bonds. The van der Waals surface area contributed by atoms with Crippen molar-refractivity contribution in [1.29, 1.82) is 5.26 Å². The van der Waals surface area contributed by atoms with E-state index in [2.05, 4.69) is 16.7 Å². The number of carbonyl (C=O) groups excluding carboxylic acids is 2. The molecule has 0 saturated carbocycles. The summed E-state index contributed by atoms with van der Waals surface area (Å²) in [6.07, 6.45) is 0. The smallest absolute Gasteiger partial charge is 0.288 e. The Morgan fingerprint density at radius 2 is 1.67 bits per heavy atom. The molecule has 0 aromatic heterocycles. The summed E-state index contributed by atoms with van der Waals surface area (Å²) in [6, 6.07) is 16.0. The normalized spacial score (nSPS) is 11.5. The zero-order valence-corrected chi connectivity index (χ0v) is 21.1. The van der Waals surface area contributed by atoms with Crippen molar-refractivity contribution in [1.82, 2.24) is 0 Å². The van der Waals surface area contributed by atoms with Crippen LogP contribution in [0.5, 0.6) is 0 Å². The Hall–Kier alpha value is -3.93. The van der Waals surface area contributed by atoms with Gasteiger partial charge in [-0.2, -0.15) is 5.26 Å². The lowest BCUT2D eigenvalue weighted by molar-refractivity contribution is -0.384. The Labute approximate surface area is 218 Å². The molecule has 184 valence electrons. The van der Waals surface area contributed by atoms with E-state index >= 15 is 0 Å². The minimum Gasteiger partial charge on any atom is -0.326 e. The highest BCUT2D eigenvalue weighted by atomic mass is 35.5. The fraction of sp³-hybridized carbons (Fsp3) is 0.192. The Balaban J connectivity index is 1.83. The molecule has 3 rings (SSSR count). The van der Waals surface area contributed by atoms with Crippen LogP contribution in [0, 0.1) is 34.3 Å². The molecular weight excluding hydrogens is 503 g/mol. The van der Waals surface area contributed by atoms with Gasteiger partial charge in [0.25, 0.3) is 11.6 Å². The molecule has 0 aliphatic rings. The molecule has 3 aromatic carbocycles. The summed E-state index contributed by atoms with van der Waals surface area (Å²) in [4.78, 5) is 35.2. The van der Waals surface area contributed by atoms with Crippen LogP contribution in [0.1, 0.15) is 46.8 Å². The average molecular weight is 525 g/mol. The summed E-state index contributed by atoms with van der Waals surface area (Å²) in [5, 5.41) is 26.8. The number of carbonyl (C=O) groups is 2. The molecule has 36 heavy (non-hydrogen) atoms. The van der Waals surface area contributed by atoms with Crippen molar-refractivity contribution < 1.29 is 14.5 Å².